The molecular formula is C21H16O3S. The zero-order valence-corrected chi connectivity index (χ0v) is 14.1. The molecule has 3 rings (SSSR count). The maximum Gasteiger partial charge on any atom is 0.336 e. The minimum absolute atomic E-state index is 0.246. The van der Waals surface area contributed by atoms with E-state index in [1.54, 1.807) is 42.1 Å². The lowest BCUT2D eigenvalue weighted by atomic mass is 10.2. The van der Waals surface area contributed by atoms with E-state index in [-0.39, 0.29) is 5.75 Å². The van der Waals surface area contributed by atoms with Gasteiger partial charge in [0.25, 0.3) is 0 Å². The van der Waals surface area contributed by atoms with E-state index in [9.17, 15) is 9.90 Å². The Morgan fingerprint density at radius 1 is 0.840 bits per heavy atom. The Morgan fingerprint density at radius 3 is 2.08 bits per heavy atom. The maximum atomic E-state index is 11.9. The number of aromatic hydroxyl groups is 1. The summed E-state index contributed by atoms with van der Waals surface area (Å²) >= 11 is 1.57. The van der Waals surface area contributed by atoms with Gasteiger partial charge in [-0.1, -0.05) is 42.1 Å². The van der Waals surface area contributed by atoms with Crippen LogP contribution < -0.4 is 4.74 Å². The van der Waals surface area contributed by atoms with Crippen LogP contribution in [0.2, 0.25) is 0 Å². The van der Waals surface area contributed by atoms with Crippen molar-refractivity contribution in [1.82, 2.24) is 0 Å². The number of esters is 1. The number of rotatable bonds is 5. The predicted octanol–water partition coefficient (Wildman–Crippen LogP) is 5.16. The zero-order chi connectivity index (χ0) is 17.5. The molecule has 0 aliphatic rings. The highest BCUT2D eigenvalue weighted by atomic mass is 32.2. The summed E-state index contributed by atoms with van der Waals surface area (Å²) in [7, 11) is 0. The topological polar surface area (TPSA) is 46.5 Å². The van der Waals surface area contributed by atoms with Crippen molar-refractivity contribution in [2.24, 2.45) is 0 Å². The molecule has 0 spiro atoms. The fraction of sp³-hybridized carbons (Fsp3) is 0. The van der Waals surface area contributed by atoms with Crippen molar-refractivity contribution in [2.75, 3.05) is 0 Å². The average Bonchev–Trinajstić information content (AvgIpc) is 2.64. The van der Waals surface area contributed by atoms with Crippen molar-refractivity contribution in [3.63, 3.8) is 0 Å². The first kappa shape index (κ1) is 16.9. The fourth-order valence-corrected chi connectivity index (χ4v) is 2.92. The number of benzene rings is 3. The quantitative estimate of drug-likeness (QED) is 0.393. The molecule has 3 aromatic carbocycles. The summed E-state index contributed by atoms with van der Waals surface area (Å²) in [6, 6.07) is 23.9. The molecule has 0 heterocycles. The normalized spacial score (nSPS) is 10.7. The summed E-state index contributed by atoms with van der Waals surface area (Å²) in [5.74, 6) is 0.329. The Labute approximate surface area is 150 Å². The van der Waals surface area contributed by atoms with E-state index >= 15 is 0 Å². The molecule has 25 heavy (non-hydrogen) atoms. The molecule has 0 bridgehead atoms. The van der Waals surface area contributed by atoms with Crippen LogP contribution in [0.3, 0.4) is 0 Å². The molecule has 0 amide bonds. The van der Waals surface area contributed by atoms with Gasteiger partial charge in [-0.05, 0) is 60.2 Å². The van der Waals surface area contributed by atoms with Crippen LogP contribution in [-0.2, 0) is 4.79 Å². The van der Waals surface area contributed by atoms with Crippen molar-refractivity contribution in [1.29, 1.82) is 0 Å². The van der Waals surface area contributed by atoms with E-state index in [0.717, 1.165) is 15.4 Å². The van der Waals surface area contributed by atoms with E-state index in [2.05, 4.69) is 0 Å². The van der Waals surface area contributed by atoms with E-state index in [1.807, 2.05) is 54.6 Å². The van der Waals surface area contributed by atoms with Crippen molar-refractivity contribution in [2.45, 2.75) is 9.79 Å². The van der Waals surface area contributed by atoms with Gasteiger partial charge in [0.05, 0.1) is 0 Å². The standard InChI is InChI=1S/C21H16O3S/c22-17-7-11-19(12-8-17)25-20-13-9-18(10-14-20)24-21(23)15-6-16-4-2-1-3-5-16/h1-15,22H. The number of ether oxygens (including phenoxy) is 1. The van der Waals surface area contributed by atoms with Gasteiger partial charge in [0.15, 0.2) is 0 Å². The Hall–Kier alpha value is -2.98. The largest absolute Gasteiger partial charge is 0.508 e. The summed E-state index contributed by atoms with van der Waals surface area (Å²) in [4.78, 5) is 13.9. The second kappa shape index (κ2) is 8.22. The average molecular weight is 348 g/mol. The van der Waals surface area contributed by atoms with Gasteiger partial charge < -0.3 is 9.84 Å². The number of phenolic OH excluding ortho intramolecular Hbond substituents is 1. The molecule has 0 radical (unpaired) electrons. The van der Waals surface area contributed by atoms with Crippen LogP contribution in [0.5, 0.6) is 11.5 Å². The third-order valence-corrected chi connectivity index (χ3v) is 4.34. The van der Waals surface area contributed by atoms with Gasteiger partial charge in [0.1, 0.15) is 11.5 Å². The number of carbonyl (C=O) groups is 1. The molecule has 0 aliphatic heterocycles. The first-order valence-electron chi connectivity index (χ1n) is 7.71. The molecule has 0 saturated heterocycles. The molecule has 1 N–H and O–H groups in total. The summed E-state index contributed by atoms with van der Waals surface area (Å²) < 4.78 is 5.29. The zero-order valence-electron chi connectivity index (χ0n) is 13.3. The van der Waals surface area contributed by atoms with Gasteiger partial charge in [-0.15, -0.1) is 0 Å². The fourth-order valence-electron chi connectivity index (χ4n) is 2.10. The van der Waals surface area contributed by atoms with E-state index < -0.39 is 5.97 Å². The third-order valence-electron chi connectivity index (χ3n) is 3.33. The van der Waals surface area contributed by atoms with Crippen LogP contribution in [0.15, 0.2) is 94.7 Å². The highest BCUT2D eigenvalue weighted by molar-refractivity contribution is 7.99. The lowest BCUT2D eigenvalue weighted by Gasteiger charge is -2.04. The Bertz CT molecular complexity index is 854. The van der Waals surface area contributed by atoms with Gasteiger partial charge in [0, 0.05) is 15.9 Å². The monoisotopic (exact) mass is 348 g/mol. The van der Waals surface area contributed by atoms with Crippen LogP contribution in [0.4, 0.5) is 0 Å². The van der Waals surface area contributed by atoms with Crippen LogP contribution in [-0.4, -0.2) is 11.1 Å². The predicted molar refractivity (Wildman–Crippen MR) is 99.8 cm³/mol. The number of carbonyl (C=O) groups excluding carboxylic acids is 1. The smallest absolute Gasteiger partial charge is 0.336 e. The molecule has 0 fully saturated rings. The Kier molecular flexibility index (Phi) is 5.54. The lowest BCUT2D eigenvalue weighted by molar-refractivity contribution is -0.128. The SMILES string of the molecule is O=C(C=Cc1ccccc1)Oc1ccc(Sc2ccc(O)cc2)cc1. The first-order chi connectivity index (χ1) is 12.2. The Balaban J connectivity index is 1.57. The maximum absolute atomic E-state index is 11.9. The third kappa shape index (κ3) is 5.26. The van der Waals surface area contributed by atoms with Crippen molar-refractivity contribution < 1.29 is 14.6 Å². The molecule has 0 unspecified atom stereocenters. The van der Waals surface area contributed by atoms with Crippen molar-refractivity contribution >= 4 is 23.8 Å². The summed E-state index contributed by atoms with van der Waals surface area (Å²) in [5.41, 5.74) is 0.945. The molecule has 0 atom stereocenters. The van der Waals surface area contributed by atoms with Crippen LogP contribution in [0.25, 0.3) is 6.08 Å². The van der Waals surface area contributed by atoms with E-state index in [1.165, 1.54) is 6.08 Å². The molecule has 3 nitrogen and oxygen atoms in total. The van der Waals surface area contributed by atoms with E-state index in [4.69, 9.17) is 4.74 Å². The van der Waals surface area contributed by atoms with Gasteiger partial charge in [-0.3, -0.25) is 0 Å². The molecule has 124 valence electrons. The second-order valence-electron chi connectivity index (χ2n) is 5.23. The van der Waals surface area contributed by atoms with Crippen LogP contribution in [0, 0.1) is 0 Å². The lowest BCUT2D eigenvalue weighted by Crippen LogP contribution is -2.03. The number of hydrogen-bond donors (Lipinski definition) is 1. The van der Waals surface area contributed by atoms with E-state index in [0.29, 0.717) is 5.75 Å². The van der Waals surface area contributed by atoms with Crippen LogP contribution >= 0.6 is 11.8 Å². The van der Waals surface area contributed by atoms with Gasteiger partial charge >= 0.3 is 5.97 Å². The highest BCUT2D eigenvalue weighted by Gasteiger charge is 2.02. The molecular weight excluding hydrogens is 332 g/mol. The summed E-state index contributed by atoms with van der Waals surface area (Å²) in [6.45, 7) is 0. The second-order valence-corrected chi connectivity index (χ2v) is 6.38. The minimum Gasteiger partial charge on any atom is -0.508 e. The first-order valence-corrected chi connectivity index (χ1v) is 8.52. The van der Waals surface area contributed by atoms with Crippen LogP contribution in [0.1, 0.15) is 5.56 Å². The molecule has 0 aliphatic carbocycles. The summed E-state index contributed by atoms with van der Waals surface area (Å²) in [6.07, 6.45) is 3.13. The molecule has 0 aromatic heterocycles. The number of hydrogen-bond acceptors (Lipinski definition) is 4. The van der Waals surface area contributed by atoms with Gasteiger partial charge in [-0.2, -0.15) is 0 Å². The highest BCUT2D eigenvalue weighted by Crippen LogP contribution is 2.30. The number of phenols is 1. The van der Waals surface area contributed by atoms with Gasteiger partial charge in [-0.25, -0.2) is 4.79 Å². The van der Waals surface area contributed by atoms with Crippen molar-refractivity contribution in [3.05, 3.63) is 90.5 Å². The van der Waals surface area contributed by atoms with Crippen molar-refractivity contribution in [3.8, 4) is 11.5 Å². The summed E-state index contributed by atoms with van der Waals surface area (Å²) in [5, 5.41) is 9.30. The Morgan fingerprint density at radius 2 is 1.44 bits per heavy atom. The molecule has 3 aromatic rings. The molecule has 0 saturated carbocycles. The van der Waals surface area contributed by atoms with Gasteiger partial charge in [0.2, 0.25) is 0 Å². The molecule has 4 heteroatoms. The minimum atomic E-state index is -0.414.